The van der Waals surface area contributed by atoms with E-state index in [0.29, 0.717) is 11.3 Å². The third kappa shape index (κ3) is 2.26. The monoisotopic (exact) mass is 295 g/mol. The molecule has 0 aliphatic carbocycles. The number of aromatic nitrogens is 2. The molecule has 2 heterocycles. The zero-order valence-electron chi connectivity index (χ0n) is 11.0. The third-order valence-corrected chi connectivity index (χ3v) is 3.92. The zero-order chi connectivity index (χ0) is 14.1. The van der Waals surface area contributed by atoms with Gasteiger partial charge in [-0.3, -0.25) is 4.79 Å². The van der Waals surface area contributed by atoms with Crippen LogP contribution < -0.4 is 0 Å². The highest BCUT2D eigenvalue weighted by Crippen LogP contribution is 2.21. The first-order valence-corrected chi connectivity index (χ1v) is 7.21. The number of amides is 1. The van der Waals surface area contributed by atoms with Gasteiger partial charge >= 0.3 is 0 Å². The minimum Gasteiger partial charge on any atom is -0.341 e. The lowest BCUT2D eigenvalue weighted by Crippen LogP contribution is -2.31. The van der Waals surface area contributed by atoms with E-state index < -0.39 is 0 Å². The van der Waals surface area contributed by atoms with Crippen molar-refractivity contribution in [3.63, 3.8) is 0 Å². The quantitative estimate of drug-likeness (QED) is 0.816. The van der Waals surface area contributed by atoms with Crippen molar-refractivity contribution in [2.45, 2.75) is 25.3 Å². The van der Waals surface area contributed by atoms with Crippen molar-refractivity contribution in [2.24, 2.45) is 0 Å². The molecule has 1 aromatic heterocycles. The molecule has 1 aromatic carbocycles. The standard InChI is InChI=1S/C14H15ClFN3O/c15-8-12-17-14-10(16)4-3-5-11(14)19(12)9-13(20)18-6-1-2-7-18/h3-5H,1-2,6-9H2. The van der Waals surface area contributed by atoms with Crippen LogP contribution in [0, 0.1) is 5.82 Å². The number of fused-ring (bicyclic) bond motifs is 1. The first kappa shape index (κ1) is 13.4. The van der Waals surface area contributed by atoms with Crippen LogP contribution in [0.3, 0.4) is 0 Å². The Kier molecular flexibility index (Phi) is 3.61. The van der Waals surface area contributed by atoms with Gasteiger partial charge in [0.1, 0.15) is 17.9 Å². The molecule has 0 spiro atoms. The predicted molar refractivity (Wildman–Crippen MR) is 75.1 cm³/mol. The van der Waals surface area contributed by atoms with Gasteiger partial charge in [0.05, 0.1) is 11.4 Å². The van der Waals surface area contributed by atoms with E-state index in [0.717, 1.165) is 25.9 Å². The Labute approximate surface area is 121 Å². The van der Waals surface area contributed by atoms with Gasteiger partial charge in [0, 0.05) is 13.1 Å². The summed E-state index contributed by atoms with van der Waals surface area (Å²) >= 11 is 5.87. The Morgan fingerprint density at radius 3 is 2.80 bits per heavy atom. The third-order valence-electron chi connectivity index (χ3n) is 3.68. The molecule has 1 fully saturated rings. The summed E-state index contributed by atoms with van der Waals surface area (Å²) in [5.41, 5.74) is 0.894. The maximum atomic E-state index is 13.7. The van der Waals surface area contributed by atoms with Gasteiger partial charge in [0.15, 0.2) is 5.82 Å². The molecule has 6 heteroatoms. The molecule has 1 aliphatic heterocycles. The number of hydrogen-bond donors (Lipinski definition) is 0. The number of alkyl halides is 1. The molecule has 20 heavy (non-hydrogen) atoms. The molecule has 0 unspecified atom stereocenters. The second kappa shape index (κ2) is 5.40. The average Bonchev–Trinajstić information content (AvgIpc) is 3.07. The van der Waals surface area contributed by atoms with E-state index in [1.165, 1.54) is 6.07 Å². The number of nitrogens with zero attached hydrogens (tertiary/aromatic N) is 3. The summed E-state index contributed by atoms with van der Waals surface area (Å²) in [4.78, 5) is 18.3. The van der Waals surface area contributed by atoms with Crippen LogP contribution in [0.4, 0.5) is 4.39 Å². The van der Waals surface area contributed by atoms with Crippen molar-refractivity contribution >= 4 is 28.5 Å². The fourth-order valence-electron chi connectivity index (χ4n) is 2.64. The van der Waals surface area contributed by atoms with Crippen LogP contribution in [0.1, 0.15) is 18.7 Å². The molecule has 106 valence electrons. The van der Waals surface area contributed by atoms with E-state index in [2.05, 4.69) is 4.98 Å². The fourth-order valence-corrected chi connectivity index (χ4v) is 2.85. The summed E-state index contributed by atoms with van der Waals surface area (Å²) in [5, 5.41) is 0. The van der Waals surface area contributed by atoms with Crippen molar-refractivity contribution in [3.05, 3.63) is 29.8 Å². The van der Waals surface area contributed by atoms with Crippen LogP contribution in [0.5, 0.6) is 0 Å². The van der Waals surface area contributed by atoms with Crippen molar-refractivity contribution in [1.29, 1.82) is 0 Å². The largest absolute Gasteiger partial charge is 0.341 e. The first-order valence-electron chi connectivity index (χ1n) is 6.68. The summed E-state index contributed by atoms with van der Waals surface area (Å²) in [6, 6.07) is 4.74. The topological polar surface area (TPSA) is 38.1 Å². The molecule has 4 nitrogen and oxygen atoms in total. The number of carbonyl (C=O) groups excluding carboxylic acids is 1. The second-order valence-corrected chi connectivity index (χ2v) is 5.21. The maximum Gasteiger partial charge on any atom is 0.242 e. The summed E-state index contributed by atoms with van der Waals surface area (Å²) < 4.78 is 15.5. The number of carbonyl (C=O) groups is 1. The Morgan fingerprint density at radius 1 is 1.35 bits per heavy atom. The van der Waals surface area contributed by atoms with Crippen LogP contribution in [0.2, 0.25) is 0 Å². The molecule has 0 bridgehead atoms. The van der Waals surface area contributed by atoms with Gasteiger partial charge in [-0.15, -0.1) is 11.6 Å². The van der Waals surface area contributed by atoms with E-state index >= 15 is 0 Å². The van der Waals surface area contributed by atoms with Gasteiger partial charge < -0.3 is 9.47 Å². The molecular formula is C14H15ClFN3O. The molecule has 2 aromatic rings. The van der Waals surface area contributed by atoms with Crippen LogP contribution in [-0.2, 0) is 17.2 Å². The highest BCUT2D eigenvalue weighted by atomic mass is 35.5. The van der Waals surface area contributed by atoms with Crippen LogP contribution in [-0.4, -0.2) is 33.4 Å². The average molecular weight is 296 g/mol. The highest BCUT2D eigenvalue weighted by molar-refractivity contribution is 6.16. The number of imidazole rings is 1. The number of para-hydroxylation sites is 1. The smallest absolute Gasteiger partial charge is 0.242 e. The van der Waals surface area contributed by atoms with E-state index in [-0.39, 0.29) is 29.7 Å². The van der Waals surface area contributed by atoms with Crippen molar-refractivity contribution in [1.82, 2.24) is 14.5 Å². The van der Waals surface area contributed by atoms with E-state index in [1.807, 2.05) is 4.90 Å². The number of benzene rings is 1. The second-order valence-electron chi connectivity index (χ2n) is 4.94. The minimum atomic E-state index is -0.388. The Bertz CT molecular complexity index is 649. The maximum absolute atomic E-state index is 13.7. The summed E-state index contributed by atoms with van der Waals surface area (Å²) in [6.07, 6.45) is 2.10. The number of rotatable bonds is 3. The summed E-state index contributed by atoms with van der Waals surface area (Å²) in [5.74, 6) is 0.333. The Balaban J connectivity index is 1.97. The van der Waals surface area contributed by atoms with Gasteiger partial charge in [-0.1, -0.05) is 6.07 Å². The van der Waals surface area contributed by atoms with E-state index in [9.17, 15) is 9.18 Å². The Hall–Kier alpha value is -1.62. The molecule has 0 saturated carbocycles. The number of likely N-dealkylation sites (tertiary alicyclic amines) is 1. The van der Waals surface area contributed by atoms with Crippen LogP contribution >= 0.6 is 11.6 Å². The van der Waals surface area contributed by atoms with Gasteiger partial charge in [-0.2, -0.15) is 0 Å². The molecule has 1 amide bonds. The molecule has 3 rings (SSSR count). The fraction of sp³-hybridized carbons (Fsp3) is 0.429. The molecule has 1 aliphatic rings. The van der Waals surface area contributed by atoms with E-state index in [4.69, 9.17) is 11.6 Å². The zero-order valence-corrected chi connectivity index (χ0v) is 11.7. The van der Waals surface area contributed by atoms with Crippen molar-refractivity contribution in [3.8, 4) is 0 Å². The van der Waals surface area contributed by atoms with Gasteiger partial charge in [0.25, 0.3) is 0 Å². The highest BCUT2D eigenvalue weighted by Gasteiger charge is 2.21. The normalized spacial score (nSPS) is 15.2. The number of hydrogen-bond acceptors (Lipinski definition) is 2. The lowest BCUT2D eigenvalue weighted by Gasteiger charge is -2.16. The van der Waals surface area contributed by atoms with Gasteiger partial charge in [0.2, 0.25) is 5.91 Å². The van der Waals surface area contributed by atoms with E-state index in [1.54, 1.807) is 16.7 Å². The summed E-state index contributed by atoms with van der Waals surface area (Å²) in [7, 11) is 0. The lowest BCUT2D eigenvalue weighted by molar-refractivity contribution is -0.130. The Morgan fingerprint density at radius 2 is 2.10 bits per heavy atom. The molecule has 0 atom stereocenters. The van der Waals surface area contributed by atoms with Crippen LogP contribution in [0.15, 0.2) is 18.2 Å². The lowest BCUT2D eigenvalue weighted by atomic mass is 10.3. The predicted octanol–water partition coefficient (Wildman–Crippen LogP) is 2.54. The van der Waals surface area contributed by atoms with Gasteiger partial charge in [-0.25, -0.2) is 9.37 Å². The van der Waals surface area contributed by atoms with Crippen molar-refractivity contribution in [2.75, 3.05) is 13.1 Å². The van der Waals surface area contributed by atoms with Crippen molar-refractivity contribution < 1.29 is 9.18 Å². The molecule has 0 N–H and O–H groups in total. The number of halogens is 2. The SMILES string of the molecule is O=C(Cn1c(CCl)nc2c(F)cccc21)N1CCCC1. The van der Waals surface area contributed by atoms with Gasteiger partial charge in [-0.05, 0) is 25.0 Å². The van der Waals surface area contributed by atoms with Crippen LogP contribution in [0.25, 0.3) is 11.0 Å². The first-order chi connectivity index (χ1) is 9.70. The minimum absolute atomic E-state index is 0.0393. The molecule has 1 saturated heterocycles. The summed E-state index contributed by atoms with van der Waals surface area (Å²) in [6.45, 7) is 1.77. The molecular weight excluding hydrogens is 281 g/mol. The molecule has 0 radical (unpaired) electrons.